The Kier molecular flexibility index (Phi) is 3.67. The third-order valence-corrected chi connectivity index (χ3v) is 4.49. The first kappa shape index (κ1) is 12.2. The lowest BCUT2D eigenvalue weighted by Gasteiger charge is -2.33. The topological polar surface area (TPSA) is 15.3 Å². The predicted octanol–water partition coefficient (Wildman–Crippen LogP) is 2.79. The highest BCUT2D eigenvalue weighted by Gasteiger charge is 2.36. The van der Waals surface area contributed by atoms with E-state index in [-0.39, 0.29) is 0 Å². The molecule has 0 aromatic heterocycles. The lowest BCUT2D eigenvalue weighted by molar-refractivity contribution is 0.203. The van der Waals surface area contributed by atoms with Crippen LogP contribution in [0.1, 0.15) is 37.7 Å². The Hall–Kier alpha value is -0.860. The first-order chi connectivity index (χ1) is 8.86. The van der Waals surface area contributed by atoms with Crippen LogP contribution >= 0.6 is 0 Å². The molecule has 0 atom stereocenters. The van der Waals surface area contributed by atoms with Gasteiger partial charge < -0.3 is 5.32 Å². The van der Waals surface area contributed by atoms with Crippen molar-refractivity contribution >= 4 is 0 Å². The van der Waals surface area contributed by atoms with Crippen molar-refractivity contribution in [2.75, 3.05) is 19.6 Å². The van der Waals surface area contributed by atoms with Crippen molar-refractivity contribution in [3.05, 3.63) is 35.9 Å². The summed E-state index contributed by atoms with van der Waals surface area (Å²) in [5.74, 6) is 0. The normalized spacial score (nSPS) is 24.2. The molecule has 2 aliphatic rings. The lowest BCUT2D eigenvalue weighted by atomic mass is 9.97. The highest BCUT2D eigenvalue weighted by molar-refractivity contribution is 5.14. The van der Waals surface area contributed by atoms with Crippen molar-refractivity contribution in [1.29, 1.82) is 0 Å². The van der Waals surface area contributed by atoms with Crippen LogP contribution in [0.2, 0.25) is 0 Å². The molecule has 0 amide bonds. The van der Waals surface area contributed by atoms with E-state index in [1.165, 1.54) is 57.3 Å². The highest BCUT2D eigenvalue weighted by Crippen LogP contribution is 2.32. The third-order valence-electron chi connectivity index (χ3n) is 4.49. The van der Waals surface area contributed by atoms with Crippen LogP contribution in [0.15, 0.2) is 30.3 Å². The molecule has 1 N–H and O–H groups in total. The van der Waals surface area contributed by atoms with Gasteiger partial charge in [0.25, 0.3) is 0 Å². The molecule has 98 valence electrons. The van der Waals surface area contributed by atoms with Gasteiger partial charge in [0.1, 0.15) is 0 Å². The van der Waals surface area contributed by atoms with Gasteiger partial charge in [0.15, 0.2) is 0 Å². The second-order valence-corrected chi connectivity index (χ2v) is 5.96. The zero-order valence-corrected chi connectivity index (χ0v) is 11.2. The fourth-order valence-corrected chi connectivity index (χ4v) is 3.58. The zero-order valence-electron chi connectivity index (χ0n) is 11.2. The van der Waals surface area contributed by atoms with Gasteiger partial charge >= 0.3 is 0 Å². The molecule has 2 heteroatoms. The number of hydrogen-bond acceptors (Lipinski definition) is 2. The summed E-state index contributed by atoms with van der Waals surface area (Å²) in [7, 11) is 0. The van der Waals surface area contributed by atoms with Crippen LogP contribution in [0, 0.1) is 0 Å². The first-order valence-electron chi connectivity index (χ1n) is 7.38. The largest absolute Gasteiger partial charge is 0.310 e. The molecule has 1 aromatic carbocycles. The van der Waals surface area contributed by atoms with Gasteiger partial charge in [-0.25, -0.2) is 0 Å². The Bertz CT molecular complexity index is 368. The lowest BCUT2D eigenvalue weighted by Crippen LogP contribution is -2.49. The van der Waals surface area contributed by atoms with Crippen molar-refractivity contribution in [2.24, 2.45) is 0 Å². The van der Waals surface area contributed by atoms with Crippen LogP contribution in [0.4, 0.5) is 0 Å². The van der Waals surface area contributed by atoms with E-state index in [0.29, 0.717) is 5.54 Å². The summed E-state index contributed by atoms with van der Waals surface area (Å²) in [6.07, 6.45) is 6.85. The summed E-state index contributed by atoms with van der Waals surface area (Å²) in [5, 5.41) is 3.83. The van der Waals surface area contributed by atoms with Gasteiger partial charge in [0, 0.05) is 18.6 Å². The van der Waals surface area contributed by atoms with Crippen molar-refractivity contribution < 1.29 is 0 Å². The van der Waals surface area contributed by atoms with Crippen LogP contribution in [-0.2, 0) is 6.54 Å². The van der Waals surface area contributed by atoms with E-state index in [2.05, 4.69) is 40.5 Å². The van der Waals surface area contributed by atoms with Gasteiger partial charge in [0.2, 0.25) is 0 Å². The van der Waals surface area contributed by atoms with Crippen molar-refractivity contribution in [1.82, 2.24) is 10.2 Å². The van der Waals surface area contributed by atoms with E-state index in [9.17, 15) is 0 Å². The fraction of sp³-hybridized carbons (Fsp3) is 0.625. The van der Waals surface area contributed by atoms with Crippen LogP contribution < -0.4 is 5.32 Å². The molecule has 1 spiro atoms. The number of benzene rings is 1. The molecule has 18 heavy (non-hydrogen) atoms. The Morgan fingerprint density at radius 2 is 1.83 bits per heavy atom. The first-order valence-corrected chi connectivity index (χ1v) is 7.38. The quantitative estimate of drug-likeness (QED) is 0.860. The fourth-order valence-electron chi connectivity index (χ4n) is 3.58. The van der Waals surface area contributed by atoms with E-state index in [1.54, 1.807) is 0 Å². The van der Waals surface area contributed by atoms with E-state index < -0.39 is 0 Å². The van der Waals surface area contributed by atoms with Crippen LogP contribution in [-0.4, -0.2) is 30.1 Å². The average Bonchev–Trinajstić information content (AvgIpc) is 2.75. The minimum Gasteiger partial charge on any atom is -0.310 e. The SMILES string of the molecule is c1ccc(CN2CCCNC3(CCCC3)C2)cc1. The zero-order chi connectivity index (χ0) is 12.3. The smallest absolute Gasteiger partial charge is 0.0308 e. The van der Waals surface area contributed by atoms with Crippen LogP contribution in [0.5, 0.6) is 0 Å². The Balaban J connectivity index is 1.68. The second kappa shape index (κ2) is 5.41. The van der Waals surface area contributed by atoms with E-state index in [0.717, 1.165) is 6.54 Å². The van der Waals surface area contributed by atoms with Crippen molar-refractivity contribution in [3.63, 3.8) is 0 Å². The van der Waals surface area contributed by atoms with Gasteiger partial charge in [-0.2, -0.15) is 0 Å². The van der Waals surface area contributed by atoms with Crippen molar-refractivity contribution in [3.8, 4) is 0 Å². The summed E-state index contributed by atoms with van der Waals surface area (Å²) >= 11 is 0. The van der Waals surface area contributed by atoms with Crippen LogP contribution in [0.3, 0.4) is 0 Å². The van der Waals surface area contributed by atoms with E-state index in [4.69, 9.17) is 0 Å². The average molecular weight is 244 g/mol. The maximum Gasteiger partial charge on any atom is 0.0308 e. The van der Waals surface area contributed by atoms with Crippen LogP contribution in [0.25, 0.3) is 0 Å². The van der Waals surface area contributed by atoms with Gasteiger partial charge in [-0.05, 0) is 37.9 Å². The molecule has 1 heterocycles. The third kappa shape index (κ3) is 2.76. The van der Waals surface area contributed by atoms with Gasteiger partial charge in [-0.15, -0.1) is 0 Å². The summed E-state index contributed by atoms with van der Waals surface area (Å²) in [6.45, 7) is 4.79. The molecule has 0 bridgehead atoms. The van der Waals surface area contributed by atoms with Crippen molar-refractivity contribution in [2.45, 2.75) is 44.2 Å². The molecule has 1 aliphatic carbocycles. The molecule has 3 rings (SSSR count). The minimum absolute atomic E-state index is 0.436. The molecule has 1 saturated carbocycles. The standard InChI is InChI=1S/C16H24N2/c1-2-7-15(8-3-1)13-18-12-6-11-17-16(14-18)9-4-5-10-16/h1-3,7-8,17H,4-6,9-14H2. The highest BCUT2D eigenvalue weighted by atomic mass is 15.2. The predicted molar refractivity (Wildman–Crippen MR) is 75.5 cm³/mol. The Labute approximate surface area is 110 Å². The number of hydrogen-bond donors (Lipinski definition) is 1. The number of rotatable bonds is 2. The molecule has 0 unspecified atom stereocenters. The summed E-state index contributed by atoms with van der Waals surface area (Å²) in [5.41, 5.74) is 1.89. The molecular formula is C16H24N2. The molecule has 1 aromatic rings. The minimum atomic E-state index is 0.436. The van der Waals surface area contributed by atoms with Gasteiger partial charge in [-0.3, -0.25) is 4.90 Å². The molecule has 1 saturated heterocycles. The van der Waals surface area contributed by atoms with E-state index >= 15 is 0 Å². The van der Waals surface area contributed by atoms with Gasteiger partial charge in [0.05, 0.1) is 0 Å². The number of nitrogens with zero attached hydrogens (tertiary/aromatic N) is 1. The monoisotopic (exact) mass is 244 g/mol. The molecule has 1 aliphatic heterocycles. The maximum absolute atomic E-state index is 3.83. The summed E-state index contributed by atoms with van der Waals surface area (Å²) in [4.78, 5) is 2.65. The van der Waals surface area contributed by atoms with Gasteiger partial charge in [-0.1, -0.05) is 43.2 Å². The van der Waals surface area contributed by atoms with E-state index in [1.807, 2.05) is 0 Å². The molecular weight excluding hydrogens is 220 g/mol. The Morgan fingerprint density at radius 3 is 2.61 bits per heavy atom. The summed E-state index contributed by atoms with van der Waals surface area (Å²) in [6, 6.07) is 10.9. The molecule has 2 nitrogen and oxygen atoms in total. The molecule has 2 fully saturated rings. The summed E-state index contributed by atoms with van der Waals surface area (Å²) < 4.78 is 0. The maximum atomic E-state index is 3.83. The second-order valence-electron chi connectivity index (χ2n) is 5.96. The Morgan fingerprint density at radius 1 is 1.06 bits per heavy atom. The molecule has 0 radical (unpaired) electrons. The number of nitrogens with one attached hydrogen (secondary N) is 1.